The summed E-state index contributed by atoms with van der Waals surface area (Å²) in [6.45, 7) is 0.483. The first-order valence-corrected chi connectivity index (χ1v) is 10.4. The first-order valence-electron chi connectivity index (χ1n) is 10.4. The van der Waals surface area contributed by atoms with Gasteiger partial charge in [-0.05, 0) is 25.3 Å². The van der Waals surface area contributed by atoms with E-state index in [1.807, 2.05) is 10.7 Å². The summed E-state index contributed by atoms with van der Waals surface area (Å²) >= 11 is 0. The third-order valence-corrected chi connectivity index (χ3v) is 5.77. The van der Waals surface area contributed by atoms with E-state index in [0.29, 0.717) is 18.9 Å². The second-order valence-electron chi connectivity index (χ2n) is 8.14. The topological polar surface area (TPSA) is 97.9 Å². The van der Waals surface area contributed by atoms with Crippen LogP contribution in [0.2, 0.25) is 0 Å². The Hall–Kier alpha value is -3.63. The van der Waals surface area contributed by atoms with Gasteiger partial charge in [-0.25, -0.2) is 23.1 Å². The quantitative estimate of drug-likeness (QED) is 0.652. The van der Waals surface area contributed by atoms with Gasteiger partial charge in [-0.15, -0.1) is 5.10 Å². The highest BCUT2D eigenvalue weighted by Gasteiger charge is 2.34. The number of anilines is 1. The van der Waals surface area contributed by atoms with Crippen molar-refractivity contribution in [2.45, 2.75) is 44.3 Å². The second kappa shape index (κ2) is 7.81. The van der Waals surface area contributed by atoms with Crippen LogP contribution in [0.5, 0.6) is 0 Å². The van der Waals surface area contributed by atoms with Gasteiger partial charge in [-0.2, -0.15) is 5.10 Å². The van der Waals surface area contributed by atoms with Crippen LogP contribution in [-0.4, -0.2) is 49.4 Å². The molecule has 11 heteroatoms. The first-order chi connectivity index (χ1) is 15.4. The third kappa shape index (κ3) is 3.85. The summed E-state index contributed by atoms with van der Waals surface area (Å²) in [5.41, 5.74) is 1.22. The average Bonchev–Trinajstić information content (AvgIpc) is 3.38. The highest BCUT2D eigenvalue weighted by molar-refractivity contribution is 6.00. The minimum atomic E-state index is -0.750. The van der Waals surface area contributed by atoms with Crippen LogP contribution < -0.4 is 10.2 Å². The van der Waals surface area contributed by atoms with Gasteiger partial charge in [0.2, 0.25) is 5.82 Å². The van der Waals surface area contributed by atoms with Crippen LogP contribution in [0.25, 0.3) is 0 Å². The molecule has 1 unspecified atom stereocenters. The fourth-order valence-corrected chi connectivity index (χ4v) is 3.82. The lowest BCUT2D eigenvalue weighted by Gasteiger charge is -2.19. The Kier molecular flexibility index (Phi) is 4.95. The molecule has 0 radical (unpaired) electrons. The van der Waals surface area contributed by atoms with Crippen LogP contribution in [-0.2, 0) is 17.9 Å². The number of carbonyl (C=O) groups excluding carboxylic acids is 2. The molecule has 1 fully saturated rings. The Morgan fingerprint density at radius 1 is 1.19 bits per heavy atom. The average molecular weight is 441 g/mol. The fraction of sp³-hybridized carbons (Fsp3) is 0.381. The van der Waals surface area contributed by atoms with E-state index >= 15 is 0 Å². The molecule has 1 N–H and O–H groups in total. The Balaban J connectivity index is 1.26. The Bertz CT molecular complexity index is 1200. The van der Waals surface area contributed by atoms with Crippen molar-refractivity contribution in [1.29, 1.82) is 0 Å². The molecule has 9 nitrogen and oxygen atoms in total. The van der Waals surface area contributed by atoms with E-state index in [2.05, 4.69) is 20.5 Å². The molecular weight excluding hydrogens is 420 g/mol. The van der Waals surface area contributed by atoms with Crippen molar-refractivity contribution in [3.05, 3.63) is 59.3 Å². The van der Waals surface area contributed by atoms with E-state index in [4.69, 9.17) is 0 Å². The van der Waals surface area contributed by atoms with Crippen molar-refractivity contribution in [2.75, 3.05) is 11.9 Å². The smallest absolute Gasteiger partial charge is 0.291 e. The molecule has 0 bridgehead atoms. The number of carbonyl (C=O) groups is 2. The van der Waals surface area contributed by atoms with Gasteiger partial charge < -0.3 is 5.32 Å². The number of likely N-dealkylation sites (N-methyl/N-ethyl adjacent to an activating group) is 1. The van der Waals surface area contributed by atoms with Gasteiger partial charge in [0.15, 0.2) is 0 Å². The highest BCUT2D eigenvalue weighted by Crippen LogP contribution is 2.40. The molecule has 166 valence electrons. The van der Waals surface area contributed by atoms with Gasteiger partial charge in [0.05, 0.1) is 12.2 Å². The minimum absolute atomic E-state index is 0.0120. The Labute approximate surface area is 182 Å². The molecule has 2 aromatic heterocycles. The third-order valence-electron chi connectivity index (χ3n) is 5.77. The maximum atomic E-state index is 13.9. The largest absolute Gasteiger partial charge is 0.337 e. The maximum absolute atomic E-state index is 13.9. The summed E-state index contributed by atoms with van der Waals surface area (Å²) in [6, 6.07) is 4.43. The van der Waals surface area contributed by atoms with Crippen molar-refractivity contribution in [1.82, 2.24) is 29.9 Å². The summed E-state index contributed by atoms with van der Waals surface area (Å²) < 4.78 is 30.0. The van der Waals surface area contributed by atoms with E-state index in [9.17, 15) is 18.4 Å². The minimum Gasteiger partial charge on any atom is -0.337 e. The van der Waals surface area contributed by atoms with Crippen LogP contribution in [0.3, 0.4) is 0 Å². The van der Waals surface area contributed by atoms with Gasteiger partial charge >= 0.3 is 0 Å². The lowest BCUT2D eigenvalue weighted by molar-refractivity contribution is -0.120. The molecule has 1 aliphatic carbocycles. The van der Waals surface area contributed by atoms with E-state index in [-0.39, 0.29) is 23.8 Å². The summed E-state index contributed by atoms with van der Waals surface area (Å²) in [7, 11) is 1.67. The molecule has 1 aromatic carbocycles. The maximum Gasteiger partial charge on any atom is 0.291 e. The lowest BCUT2D eigenvalue weighted by atomic mass is 10.2. The number of nitrogens with zero attached hydrogens (tertiary/aromatic N) is 6. The van der Waals surface area contributed by atoms with E-state index in [0.717, 1.165) is 36.5 Å². The van der Waals surface area contributed by atoms with Crippen LogP contribution in [0.15, 0.2) is 30.6 Å². The monoisotopic (exact) mass is 441 g/mol. The summed E-state index contributed by atoms with van der Waals surface area (Å²) in [5, 5.41) is 11.4. The zero-order chi connectivity index (χ0) is 22.4. The highest BCUT2D eigenvalue weighted by atomic mass is 19.1. The van der Waals surface area contributed by atoms with Crippen LogP contribution in [0.1, 0.15) is 47.1 Å². The number of fused-ring (bicyclic) bond motifs is 1. The van der Waals surface area contributed by atoms with Gasteiger partial charge in [-0.3, -0.25) is 14.5 Å². The SMILES string of the molecule is CN1C(=O)C(NC(=O)c2ncn(Cc3ccc(F)cc3F)n2)CCn2nc(C3CC3)cc21. The zero-order valence-electron chi connectivity index (χ0n) is 17.3. The summed E-state index contributed by atoms with van der Waals surface area (Å²) in [6.07, 6.45) is 3.92. The number of aryl methyl sites for hydroxylation is 1. The molecule has 1 atom stereocenters. The van der Waals surface area contributed by atoms with Gasteiger partial charge in [0.1, 0.15) is 29.8 Å². The molecule has 3 heterocycles. The zero-order valence-corrected chi connectivity index (χ0v) is 17.3. The number of aromatic nitrogens is 5. The molecule has 2 amide bonds. The van der Waals surface area contributed by atoms with Gasteiger partial charge in [0, 0.05) is 37.2 Å². The summed E-state index contributed by atoms with van der Waals surface area (Å²) in [4.78, 5) is 31.1. The van der Waals surface area contributed by atoms with Crippen LogP contribution in [0, 0.1) is 11.6 Å². The molecule has 0 saturated heterocycles. The van der Waals surface area contributed by atoms with Crippen molar-refractivity contribution in [3.8, 4) is 0 Å². The Morgan fingerprint density at radius 2 is 2.00 bits per heavy atom. The number of nitrogens with one attached hydrogen (secondary N) is 1. The standard InChI is InChI=1S/C21H21F2N7O2/c1-28-18-9-17(12-2-3-12)26-30(18)7-6-16(21(28)32)25-20(31)19-24-11-29(27-19)10-13-4-5-14(22)8-15(13)23/h4-5,8-9,11-12,16H,2-3,6-7,10H2,1H3,(H,25,31). The molecule has 32 heavy (non-hydrogen) atoms. The number of hydrogen-bond acceptors (Lipinski definition) is 5. The van der Waals surface area contributed by atoms with Gasteiger partial charge in [0.25, 0.3) is 11.8 Å². The van der Waals surface area contributed by atoms with Crippen LogP contribution >= 0.6 is 0 Å². The number of benzene rings is 1. The van der Waals surface area contributed by atoms with E-state index in [1.165, 1.54) is 22.0 Å². The van der Waals surface area contributed by atoms with Crippen LogP contribution in [0.4, 0.5) is 14.6 Å². The predicted molar refractivity (Wildman–Crippen MR) is 109 cm³/mol. The number of halogens is 2. The predicted octanol–water partition coefficient (Wildman–Crippen LogP) is 1.84. The van der Waals surface area contributed by atoms with E-state index < -0.39 is 23.6 Å². The van der Waals surface area contributed by atoms with Gasteiger partial charge in [-0.1, -0.05) is 6.07 Å². The van der Waals surface area contributed by atoms with Crippen molar-refractivity contribution >= 4 is 17.6 Å². The van der Waals surface area contributed by atoms with Crippen molar-refractivity contribution in [3.63, 3.8) is 0 Å². The number of rotatable bonds is 5. The number of hydrogen-bond donors (Lipinski definition) is 1. The number of amides is 2. The molecule has 5 rings (SSSR count). The van der Waals surface area contributed by atoms with E-state index in [1.54, 1.807) is 7.05 Å². The molecule has 1 saturated carbocycles. The molecule has 0 spiro atoms. The molecule has 3 aromatic rings. The molecule has 1 aliphatic heterocycles. The lowest BCUT2D eigenvalue weighted by Crippen LogP contribution is -2.47. The fourth-order valence-electron chi connectivity index (χ4n) is 3.82. The summed E-state index contributed by atoms with van der Waals surface area (Å²) in [5.74, 6) is -1.16. The molecule has 2 aliphatic rings. The molecular formula is C21H21F2N7O2. The second-order valence-corrected chi connectivity index (χ2v) is 8.14. The van der Waals surface area contributed by atoms with Crippen molar-refractivity contribution < 1.29 is 18.4 Å². The first kappa shape index (κ1) is 20.3. The Morgan fingerprint density at radius 3 is 2.75 bits per heavy atom. The van der Waals surface area contributed by atoms with Crippen molar-refractivity contribution in [2.24, 2.45) is 0 Å². The normalized spacial score (nSPS) is 18.4.